The van der Waals surface area contributed by atoms with Crippen molar-refractivity contribution in [1.29, 1.82) is 0 Å². The highest BCUT2D eigenvalue weighted by Gasteiger charge is 2.17. The Kier molecular flexibility index (Phi) is 7.24. The monoisotopic (exact) mass is 354 g/mol. The minimum Gasteiger partial charge on any atom is -0.489 e. The summed E-state index contributed by atoms with van der Waals surface area (Å²) in [6.45, 7) is 0.505. The zero-order valence-electron chi connectivity index (χ0n) is 14.5. The summed E-state index contributed by atoms with van der Waals surface area (Å²) in [5.41, 5.74) is 2.03. The Hall–Kier alpha value is -3.28. The lowest BCUT2D eigenvalue weighted by Gasteiger charge is -2.12. The van der Waals surface area contributed by atoms with E-state index in [-0.39, 0.29) is 12.3 Å². The number of amides is 2. The molecule has 1 unspecified atom stereocenters. The fourth-order valence-corrected chi connectivity index (χ4v) is 2.31. The molecule has 0 aromatic heterocycles. The molecule has 2 aromatic carbocycles. The molecule has 0 bridgehead atoms. The number of likely N-dealkylation sites (N-methyl/N-ethyl adjacent to an activating group) is 1. The maximum atomic E-state index is 11.6. The van der Waals surface area contributed by atoms with E-state index < -0.39 is 12.1 Å². The van der Waals surface area contributed by atoms with Crippen LogP contribution >= 0.6 is 0 Å². The van der Waals surface area contributed by atoms with Gasteiger partial charge < -0.3 is 20.5 Å². The van der Waals surface area contributed by atoms with E-state index in [1.54, 1.807) is 6.08 Å². The predicted octanol–water partition coefficient (Wildman–Crippen LogP) is 3.05. The Bertz CT molecular complexity index is 742. The lowest BCUT2D eigenvalue weighted by Crippen LogP contribution is -2.44. The number of hydrogen-bond donors (Lipinski definition) is 3. The lowest BCUT2D eigenvalue weighted by molar-refractivity contribution is -0.122. The highest BCUT2D eigenvalue weighted by molar-refractivity contribution is 5.85. The summed E-state index contributed by atoms with van der Waals surface area (Å²) in [7, 11) is 1.47. The second kappa shape index (κ2) is 9.88. The highest BCUT2D eigenvalue weighted by atomic mass is 16.5. The molecule has 0 fully saturated rings. The summed E-state index contributed by atoms with van der Waals surface area (Å²) in [6, 6.07) is 16.6. The summed E-state index contributed by atoms with van der Waals surface area (Å²) in [6.07, 6.45) is 2.63. The van der Waals surface area contributed by atoms with Gasteiger partial charge in [0, 0.05) is 7.05 Å². The van der Waals surface area contributed by atoms with Crippen molar-refractivity contribution in [3.05, 3.63) is 71.8 Å². The van der Waals surface area contributed by atoms with Gasteiger partial charge in [0.25, 0.3) is 0 Å². The zero-order valence-corrected chi connectivity index (χ0v) is 14.5. The summed E-state index contributed by atoms with van der Waals surface area (Å²) in [4.78, 5) is 22.4. The molecule has 0 aliphatic heterocycles. The van der Waals surface area contributed by atoms with Crippen LogP contribution in [-0.2, 0) is 11.4 Å². The standard InChI is InChI=1S/C20H22N2O4/c1-21-19(23)18(22-20(24)25)9-5-8-15-10-12-17(13-11-15)26-14-16-6-3-2-4-7-16/h2-8,10-13,18,22H,9,14H2,1H3,(H,21,23)(H,24,25). The molecule has 3 N–H and O–H groups in total. The summed E-state index contributed by atoms with van der Waals surface area (Å²) in [5.74, 6) is 0.392. The van der Waals surface area contributed by atoms with Crippen LogP contribution in [0.2, 0.25) is 0 Å². The molecule has 0 aliphatic carbocycles. The number of carbonyl (C=O) groups excluding carboxylic acids is 1. The molecule has 2 amide bonds. The van der Waals surface area contributed by atoms with Gasteiger partial charge in [0.1, 0.15) is 18.4 Å². The van der Waals surface area contributed by atoms with Crippen molar-refractivity contribution in [3.8, 4) is 5.75 Å². The molecule has 0 spiro atoms. The Morgan fingerprint density at radius 1 is 1.12 bits per heavy atom. The van der Waals surface area contributed by atoms with E-state index >= 15 is 0 Å². The van der Waals surface area contributed by atoms with Gasteiger partial charge in [-0.3, -0.25) is 4.79 Å². The fourth-order valence-electron chi connectivity index (χ4n) is 2.31. The maximum Gasteiger partial charge on any atom is 0.405 e. The Labute approximate surface area is 152 Å². The molecule has 136 valence electrons. The number of nitrogens with one attached hydrogen (secondary N) is 2. The number of benzene rings is 2. The molecule has 26 heavy (non-hydrogen) atoms. The van der Waals surface area contributed by atoms with Gasteiger partial charge in [-0.25, -0.2) is 4.79 Å². The number of carboxylic acid groups (broad SMARTS) is 1. The lowest BCUT2D eigenvalue weighted by atomic mass is 10.1. The summed E-state index contributed by atoms with van der Waals surface area (Å²) in [5, 5.41) is 13.4. The normalized spacial score (nSPS) is 11.7. The maximum absolute atomic E-state index is 11.6. The van der Waals surface area contributed by atoms with Crippen molar-refractivity contribution in [2.24, 2.45) is 0 Å². The number of carbonyl (C=O) groups is 2. The molecule has 2 aromatic rings. The van der Waals surface area contributed by atoms with Gasteiger partial charge in [0.05, 0.1) is 0 Å². The van der Waals surface area contributed by atoms with Crippen molar-refractivity contribution in [1.82, 2.24) is 10.6 Å². The van der Waals surface area contributed by atoms with Crippen LogP contribution in [0.25, 0.3) is 6.08 Å². The highest BCUT2D eigenvalue weighted by Crippen LogP contribution is 2.15. The quantitative estimate of drug-likeness (QED) is 0.680. The van der Waals surface area contributed by atoms with Crippen molar-refractivity contribution >= 4 is 18.1 Å². The number of rotatable bonds is 8. The molecule has 0 radical (unpaired) electrons. The molecule has 6 nitrogen and oxygen atoms in total. The van der Waals surface area contributed by atoms with Gasteiger partial charge in [-0.2, -0.15) is 0 Å². The SMILES string of the molecule is CNC(=O)C(CC=Cc1ccc(OCc2ccccc2)cc1)NC(=O)O. The summed E-state index contributed by atoms with van der Waals surface area (Å²) >= 11 is 0. The zero-order chi connectivity index (χ0) is 18.8. The molecule has 2 rings (SSSR count). The Morgan fingerprint density at radius 3 is 2.42 bits per heavy atom. The first-order valence-electron chi connectivity index (χ1n) is 8.23. The van der Waals surface area contributed by atoms with Crippen molar-refractivity contribution < 1.29 is 19.4 Å². The number of ether oxygens (including phenoxy) is 1. The van der Waals surface area contributed by atoms with E-state index in [1.807, 2.05) is 60.7 Å². The average Bonchev–Trinajstić information content (AvgIpc) is 2.66. The van der Waals surface area contributed by atoms with E-state index in [1.165, 1.54) is 7.05 Å². The molecule has 0 aliphatic rings. The van der Waals surface area contributed by atoms with Crippen molar-refractivity contribution in [2.75, 3.05) is 7.05 Å². The van der Waals surface area contributed by atoms with Crippen LogP contribution in [0.5, 0.6) is 5.75 Å². The van der Waals surface area contributed by atoms with Crippen LogP contribution in [0.1, 0.15) is 17.5 Å². The van der Waals surface area contributed by atoms with Gasteiger partial charge in [0.15, 0.2) is 0 Å². The Balaban J connectivity index is 1.88. The third kappa shape index (κ3) is 6.32. The van der Waals surface area contributed by atoms with Crippen LogP contribution < -0.4 is 15.4 Å². The first kappa shape index (κ1) is 19.1. The van der Waals surface area contributed by atoms with Crippen LogP contribution in [0.3, 0.4) is 0 Å². The van der Waals surface area contributed by atoms with Crippen LogP contribution in [-0.4, -0.2) is 30.2 Å². The van der Waals surface area contributed by atoms with Crippen LogP contribution in [0.15, 0.2) is 60.7 Å². The smallest absolute Gasteiger partial charge is 0.405 e. The fraction of sp³-hybridized carbons (Fsp3) is 0.200. The minimum absolute atomic E-state index is 0.262. The third-order valence-corrected chi connectivity index (χ3v) is 3.67. The van der Waals surface area contributed by atoms with Gasteiger partial charge in [-0.15, -0.1) is 0 Å². The predicted molar refractivity (Wildman–Crippen MR) is 99.9 cm³/mol. The van der Waals surface area contributed by atoms with Crippen LogP contribution in [0.4, 0.5) is 4.79 Å². The third-order valence-electron chi connectivity index (χ3n) is 3.67. The van der Waals surface area contributed by atoms with E-state index in [2.05, 4.69) is 10.6 Å². The second-order valence-electron chi connectivity index (χ2n) is 5.60. The molecular formula is C20H22N2O4. The second-order valence-corrected chi connectivity index (χ2v) is 5.60. The molecule has 1 atom stereocenters. The molecule has 0 heterocycles. The largest absolute Gasteiger partial charge is 0.489 e. The average molecular weight is 354 g/mol. The van der Waals surface area contributed by atoms with Crippen molar-refractivity contribution in [3.63, 3.8) is 0 Å². The molecule has 0 saturated carbocycles. The van der Waals surface area contributed by atoms with Crippen molar-refractivity contribution in [2.45, 2.75) is 19.1 Å². The minimum atomic E-state index is -1.23. The first-order chi connectivity index (χ1) is 12.6. The van der Waals surface area contributed by atoms with E-state index in [9.17, 15) is 9.59 Å². The first-order valence-corrected chi connectivity index (χ1v) is 8.23. The van der Waals surface area contributed by atoms with E-state index in [0.717, 1.165) is 16.9 Å². The van der Waals surface area contributed by atoms with Gasteiger partial charge in [-0.05, 0) is 29.7 Å². The van der Waals surface area contributed by atoms with E-state index in [0.29, 0.717) is 6.61 Å². The van der Waals surface area contributed by atoms with Gasteiger partial charge >= 0.3 is 6.09 Å². The molecular weight excluding hydrogens is 332 g/mol. The van der Waals surface area contributed by atoms with Gasteiger partial charge in [0.2, 0.25) is 5.91 Å². The molecule has 6 heteroatoms. The number of hydrogen-bond acceptors (Lipinski definition) is 3. The summed E-state index contributed by atoms with van der Waals surface area (Å²) < 4.78 is 5.73. The molecule has 0 saturated heterocycles. The van der Waals surface area contributed by atoms with Gasteiger partial charge in [-0.1, -0.05) is 54.6 Å². The Morgan fingerprint density at radius 2 is 1.81 bits per heavy atom. The topological polar surface area (TPSA) is 87.7 Å². The van der Waals surface area contributed by atoms with Crippen LogP contribution in [0, 0.1) is 0 Å². The van der Waals surface area contributed by atoms with E-state index in [4.69, 9.17) is 9.84 Å².